The fourth-order valence-corrected chi connectivity index (χ4v) is 2.27. The molecule has 0 fully saturated rings. The van der Waals surface area contributed by atoms with Gasteiger partial charge in [-0.1, -0.05) is 0 Å². The number of hydrogen-bond acceptors (Lipinski definition) is 7. The van der Waals surface area contributed by atoms with E-state index in [1.807, 2.05) is 20.0 Å². The maximum Gasteiger partial charge on any atom is 0.242 e. The average molecular weight is 265 g/mol. The molecule has 18 heavy (non-hydrogen) atoms. The molecule has 0 spiro atoms. The lowest BCUT2D eigenvalue weighted by molar-refractivity contribution is 0.399. The first-order chi connectivity index (χ1) is 8.61. The Balaban J connectivity index is 2.19. The van der Waals surface area contributed by atoms with Crippen molar-refractivity contribution in [1.82, 2.24) is 15.0 Å². The number of hydrogen-bond donors (Lipinski definition) is 2. The van der Waals surface area contributed by atoms with Gasteiger partial charge in [0.05, 0.1) is 13.2 Å². The van der Waals surface area contributed by atoms with E-state index in [2.05, 4.69) is 20.3 Å². The Labute approximate surface area is 109 Å². The maximum atomic E-state index is 5.90. The monoisotopic (exact) mass is 265 g/mol. The van der Waals surface area contributed by atoms with Gasteiger partial charge in [0.2, 0.25) is 5.88 Å². The summed E-state index contributed by atoms with van der Waals surface area (Å²) in [5.41, 5.74) is 6.30. The van der Waals surface area contributed by atoms with Crippen molar-refractivity contribution >= 4 is 22.8 Å². The maximum absolute atomic E-state index is 5.90. The van der Waals surface area contributed by atoms with Crippen molar-refractivity contribution in [3.05, 3.63) is 22.4 Å². The first kappa shape index (κ1) is 12.6. The Hall–Kier alpha value is -1.89. The Morgan fingerprint density at radius 2 is 2.17 bits per heavy atom. The van der Waals surface area contributed by atoms with Crippen LogP contribution in [0.1, 0.15) is 22.9 Å². The molecule has 0 aliphatic rings. The molecule has 0 aliphatic heterocycles. The van der Waals surface area contributed by atoms with Gasteiger partial charge in [0.15, 0.2) is 5.82 Å². The molecule has 0 bridgehead atoms. The van der Waals surface area contributed by atoms with E-state index < -0.39 is 0 Å². The number of nitrogen functional groups attached to an aromatic ring is 1. The van der Waals surface area contributed by atoms with Crippen LogP contribution in [0.25, 0.3) is 0 Å². The van der Waals surface area contributed by atoms with E-state index in [0.717, 1.165) is 5.01 Å². The molecule has 2 aromatic heterocycles. The number of methoxy groups -OCH3 is 1. The summed E-state index contributed by atoms with van der Waals surface area (Å²) in [6.07, 6.45) is 3.26. The first-order valence-corrected chi connectivity index (χ1v) is 6.26. The van der Waals surface area contributed by atoms with E-state index >= 15 is 0 Å². The molecule has 1 unspecified atom stereocenters. The van der Waals surface area contributed by atoms with Crippen molar-refractivity contribution in [2.75, 3.05) is 18.2 Å². The molecule has 3 N–H and O–H groups in total. The molecular weight excluding hydrogens is 250 g/mol. The number of ether oxygens (including phenoxy) is 1. The largest absolute Gasteiger partial charge is 0.479 e. The third kappa shape index (κ3) is 2.51. The molecule has 96 valence electrons. The summed E-state index contributed by atoms with van der Waals surface area (Å²) in [5, 5.41) is 4.20. The highest BCUT2D eigenvalue weighted by molar-refractivity contribution is 7.11. The second-order valence-electron chi connectivity index (χ2n) is 3.82. The molecular formula is C11H15N5OS. The van der Waals surface area contributed by atoms with E-state index in [0.29, 0.717) is 17.4 Å². The highest BCUT2D eigenvalue weighted by Gasteiger charge is 2.14. The lowest BCUT2D eigenvalue weighted by atomic mass is 10.3. The van der Waals surface area contributed by atoms with Gasteiger partial charge in [-0.25, -0.2) is 9.97 Å². The van der Waals surface area contributed by atoms with E-state index in [-0.39, 0.29) is 6.04 Å². The Bertz CT molecular complexity index is 542. The van der Waals surface area contributed by atoms with Gasteiger partial charge in [-0.15, -0.1) is 11.3 Å². The number of anilines is 2. The second kappa shape index (κ2) is 5.18. The normalized spacial score (nSPS) is 12.2. The molecule has 0 aromatic carbocycles. The molecule has 2 rings (SSSR count). The summed E-state index contributed by atoms with van der Waals surface area (Å²) in [5.74, 6) is 0.928. The van der Waals surface area contributed by atoms with E-state index in [1.165, 1.54) is 18.3 Å². The third-order valence-electron chi connectivity index (χ3n) is 2.40. The third-order valence-corrected chi connectivity index (χ3v) is 3.50. The van der Waals surface area contributed by atoms with E-state index in [1.54, 1.807) is 11.3 Å². The zero-order valence-corrected chi connectivity index (χ0v) is 11.3. The van der Waals surface area contributed by atoms with Crippen molar-refractivity contribution < 1.29 is 4.74 Å². The number of nitrogens with one attached hydrogen (secondary N) is 1. The van der Waals surface area contributed by atoms with Crippen molar-refractivity contribution in [2.45, 2.75) is 19.9 Å². The molecule has 6 nitrogen and oxygen atoms in total. The summed E-state index contributed by atoms with van der Waals surface area (Å²) < 4.78 is 5.05. The van der Waals surface area contributed by atoms with Gasteiger partial charge in [-0.2, -0.15) is 4.98 Å². The summed E-state index contributed by atoms with van der Waals surface area (Å²) in [6.45, 7) is 4.03. The Morgan fingerprint density at radius 3 is 2.78 bits per heavy atom. The van der Waals surface area contributed by atoms with Crippen LogP contribution in [0.3, 0.4) is 0 Å². The Morgan fingerprint density at radius 1 is 1.39 bits per heavy atom. The lowest BCUT2D eigenvalue weighted by Crippen LogP contribution is -2.10. The van der Waals surface area contributed by atoms with Crippen LogP contribution >= 0.6 is 11.3 Å². The summed E-state index contributed by atoms with van der Waals surface area (Å²) in [7, 11) is 1.52. The molecule has 0 saturated heterocycles. The van der Waals surface area contributed by atoms with Gasteiger partial charge in [0.25, 0.3) is 0 Å². The average Bonchev–Trinajstić information content (AvgIpc) is 2.78. The fourth-order valence-electron chi connectivity index (χ4n) is 1.50. The smallest absolute Gasteiger partial charge is 0.242 e. The lowest BCUT2D eigenvalue weighted by Gasteiger charge is -2.14. The van der Waals surface area contributed by atoms with Gasteiger partial charge < -0.3 is 15.8 Å². The topological polar surface area (TPSA) is 86.0 Å². The van der Waals surface area contributed by atoms with Crippen LogP contribution < -0.4 is 15.8 Å². The predicted molar refractivity (Wildman–Crippen MR) is 71.9 cm³/mol. The minimum absolute atomic E-state index is 0.0330. The zero-order valence-electron chi connectivity index (χ0n) is 10.5. The van der Waals surface area contributed by atoms with Crippen molar-refractivity contribution in [3.8, 4) is 5.88 Å². The van der Waals surface area contributed by atoms with Crippen LogP contribution in [0.4, 0.5) is 11.5 Å². The van der Waals surface area contributed by atoms with Gasteiger partial charge in [-0.3, -0.25) is 0 Å². The summed E-state index contributed by atoms with van der Waals surface area (Å²) in [4.78, 5) is 13.5. The highest BCUT2D eigenvalue weighted by Crippen LogP contribution is 2.28. The van der Waals surface area contributed by atoms with Crippen LogP contribution in [0.5, 0.6) is 5.88 Å². The van der Waals surface area contributed by atoms with Crippen LogP contribution in [-0.2, 0) is 0 Å². The molecule has 2 aromatic rings. The zero-order chi connectivity index (χ0) is 13.1. The van der Waals surface area contributed by atoms with Crippen molar-refractivity contribution in [2.24, 2.45) is 0 Å². The summed E-state index contributed by atoms with van der Waals surface area (Å²) in [6, 6.07) is 0.0330. The highest BCUT2D eigenvalue weighted by atomic mass is 32.1. The van der Waals surface area contributed by atoms with Crippen LogP contribution in [0, 0.1) is 6.92 Å². The molecule has 0 saturated carbocycles. The van der Waals surface area contributed by atoms with Crippen LogP contribution in [0.15, 0.2) is 12.5 Å². The standard InChI is InChI=1S/C11H15N5OS/c1-6-4-13-11(18-6)7(2)16-9-8(12)10(17-3)15-5-14-9/h4-5,7H,12H2,1-3H3,(H,14,15,16). The van der Waals surface area contributed by atoms with Gasteiger partial charge >= 0.3 is 0 Å². The quantitative estimate of drug-likeness (QED) is 0.879. The van der Waals surface area contributed by atoms with Gasteiger partial charge in [0, 0.05) is 11.1 Å². The number of nitrogens with zero attached hydrogens (tertiary/aromatic N) is 3. The molecule has 0 radical (unpaired) electrons. The minimum atomic E-state index is 0.0330. The molecule has 2 heterocycles. The SMILES string of the molecule is COc1ncnc(NC(C)c2ncc(C)s2)c1N. The van der Waals surface area contributed by atoms with E-state index in [9.17, 15) is 0 Å². The number of aryl methyl sites for hydroxylation is 1. The van der Waals surface area contributed by atoms with Crippen molar-refractivity contribution in [3.63, 3.8) is 0 Å². The molecule has 0 aliphatic carbocycles. The minimum Gasteiger partial charge on any atom is -0.479 e. The number of nitrogens with two attached hydrogens (primary N) is 1. The number of aromatic nitrogens is 3. The first-order valence-electron chi connectivity index (χ1n) is 5.45. The summed E-state index contributed by atoms with van der Waals surface area (Å²) >= 11 is 1.64. The molecule has 7 heteroatoms. The second-order valence-corrected chi connectivity index (χ2v) is 5.09. The van der Waals surface area contributed by atoms with E-state index in [4.69, 9.17) is 10.5 Å². The molecule has 1 atom stereocenters. The van der Waals surface area contributed by atoms with Crippen molar-refractivity contribution in [1.29, 1.82) is 0 Å². The van der Waals surface area contributed by atoms with Gasteiger partial charge in [0.1, 0.15) is 17.0 Å². The number of thiazole rings is 1. The van der Waals surface area contributed by atoms with Crippen LogP contribution in [-0.4, -0.2) is 22.1 Å². The number of rotatable bonds is 4. The van der Waals surface area contributed by atoms with Gasteiger partial charge in [-0.05, 0) is 13.8 Å². The molecule has 0 amide bonds. The fraction of sp³-hybridized carbons (Fsp3) is 0.364. The van der Waals surface area contributed by atoms with Crippen LogP contribution in [0.2, 0.25) is 0 Å². The Kier molecular flexibility index (Phi) is 3.61. The predicted octanol–water partition coefficient (Wildman–Crippen LogP) is 2.01.